The summed E-state index contributed by atoms with van der Waals surface area (Å²) in [6.07, 6.45) is 6.46. The van der Waals surface area contributed by atoms with Crippen LogP contribution < -0.4 is 15.4 Å². The highest BCUT2D eigenvalue weighted by atomic mass is 16.5. The SMILES string of the molecule is CCOc1ccc([C@H](C)NC(=O)NCCC2CCCC2)cc1. The van der Waals surface area contributed by atoms with Gasteiger partial charge in [-0.25, -0.2) is 4.79 Å². The van der Waals surface area contributed by atoms with Crippen molar-refractivity contribution in [3.05, 3.63) is 29.8 Å². The number of hydrogen-bond acceptors (Lipinski definition) is 2. The first-order valence-corrected chi connectivity index (χ1v) is 8.46. The third kappa shape index (κ3) is 5.24. The second-order valence-corrected chi connectivity index (χ2v) is 6.06. The Morgan fingerprint density at radius 2 is 1.95 bits per heavy atom. The molecule has 0 aromatic heterocycles. The van der Waals surface area contributed by atoms with Gasteiger partial charge in [0.1, 0.15) is 5.75 Å². The molecule has 1 atom stereocenters. The molecule has 1 aliphatic carbocycles. The van der Waals surface area contributed by atoms with Crippen LogP contribution in [-0.2, 0) is 0 Å². The highest BCUT2D eigenvalue weighted by Crippen LogP contribution is 2.26. The molecule has 0 aliphatic heterocycles. The molecular formula is C18H28N2O2. The van der Waals surface area contributed by atoms with E-state index in [9.17, 15) is 4.79 Å². The van der Waals surface area contributed by atoms with Crippen LogP contribution >= 0.6 is 0 Å². The highest BCUT2D eigenvalue weighted by molar-refractivity contribution is 5.74. The summed E-state index contributed by atoms with van der Waals surface area (Å²) in [7, 11) is 0. The van der Waals surface area contributed by atoms with E-state index in [4.69, 9.17) is 4.74 Å². The lowest BCUT2D eigenvalue weighted by Gasteiger charge is -2.16. The normalized spacial score (nSPS) is 16.3. The van der Waals surface area contributed by atoms with E-state index in [0.29, 0.717) is 6.61 Å². The zero-order chi connectivity index (χ0) is 15.8. The molecule has 0 spiro atoms. The molecule has 122 valence electrons. The van der Waals surface area contributed by atoms with Crippen molar-refractivity contribution in [3.8, 4) is 5.75 Å². The second kappa shape index (κ2) is 8.66. The lowest BCUT2D eigenvalue weighted by molar-refractivity contribution is 0.237. The van der Waals surface area contributed by atoms with E-state index < -0.39 is 0 Å². The van der Waals surface area contributed by atoms with Gasteiger partial charge in [0.15, 0.2) is 0 Å². The minimum atomic E-state index is -0.0839. The third-order valence-corrected chi connectivity index (χ3v) is 4.35. The van der Waals surface area contributed by atoms with Crippen molar-refractivity contribution in [1.29, 1.82) is 0 Å². The molecule has 0 bridgehead atoms. The molecule has 0 radical (unpaired) electrons. The smallest absolute Gasteiger partial charge is 0.315 e. The third-order valence-electron chi connectivity index (χ3n) is 4.35. The van der Waals surface area contributed by atoms with Crippen LogP contribution in [0.1, 0.15) is 57.6 Å². The maximum absolute atomic E-state index is 11.9. The summed E-state index contributed by atoms with van der Waals surface area (Å²) in [5, 5.41) is 5.95. The average Bonchev–Trinajstić information content (AvgIpc) is 3.01. The monoisotopic (exact) mass is 304 g/mol. The predicted molar refractivity (Wildman–Crippen MR) is 89.1 cm³/mol. The molecule has 2 N–H and O–H groups in total. The van der Waals surface area contributed by atoms with Crippen LogP contribution in [0.15, 0.2) is 24.3 Å². The maximum Gasteiger partial charge on any atom is 0.315 e. The van der Waals surface area contributed by atoms with Gasteiger partial charge in [-0.1, -0.05) is 37.8 Å². The summed E-state index contributed by atoms with van der Waals surface area (Å²) in [6.45, 7) is 5.39. The van der Waals surface area contributed by atoms with Gasteiger partial charge < -0.3 is 15.4 Å². The Morgan fingerprint density at radius 1 is 1.27 bits per heavy atom. The molecule has 1 saturated carbocycles. The fourth-order valence-corrected chi connectivity index (χ4v) is 3.04. The van der Waals surface area contributed by atoms with Gasteiger partial charge in [-0.05, 0) is 43.9 Å². The van der Waals surface area contributed by atoms with E-state index in [2.05, 4.69) is 10.6 Å². The van der Waals surface area contributed by atoms with Crippen molar-refractivity contribution in [3.63, 3.8) is 0 Å². The number of carbonyl (C=O) groups excluding carboxylic acids is 1. The van der Waals surface area contributed by atoms with Crippen LogP contribution in [0.2, 0.25) is 0 Å². The largest absolute Gasteiger partial charge is 0.494 e. The number of nitrogens with one attached hydrogen (secondary N) is 2. The van der Waals surface area contributed by atoms with Gasteiger partial charge in [-0.3, -0.25) is 0 Å². The molecule has 2 rings (SSSR count). The number of hydrogen-bond donors (Lipinski definition) is 2. The van der Waals surface area contributed by atoms with Crippen LogP contribution in [0.25, 0.3) is 0 Å². The van der Waals surface area contributed by atoms with Crippen LogP contribution in [0.5, 0.6) is 5.75 Å². The Morgan fingerprint density at radius 3 is 2.59 bits per heavy atom. The Kier molecular flexibility index (Phi) is 6.56. The second-order valence-electron chi connectivity index (χ2n) is 6.06. The molecule has 1 aromatic carbocycles. The van der Waals surface area contributed by atoms with Gasteiger partial charge in [0.05, 0.1) is 12.6 Å². The molecule has 2 amide bonds. The first-order chi connectivity index (χ1) is 10.7. The van der Waals surface area contributed by atoms with Crippen molar-refractivity contribution < 1.29 is 9.53 Å². The van der Waals surface area contributed by atoms with Gasteiger partial charge in [0.2, 0.25) is 0 Å². The minimum absolute atomic E-state index is 0.0119. The summed E-state index contributed by atoms with van der Waals surface area (Å²) < 4.78 is 5.42. The number of ether oxygens (including phenoxy) is 1. The van der Waals surface area contributed by atoms with Crippen molar-refractivity contribution in [2.24, 2.45) is 5.92 Å². The summed E-state index contributed by atoms with van der Waals surface area (Å²) >= 11 is 0. The van der Waals surface area contributed by atoms with E-state index in [0.717, 1.165) is 30.2 Å². The average molecular weight is 304 g/mol. The molecule has 1 aliphatic rings. The van der Waals surface area contributed by atoms with E-state index in [1.165, 1.54) is 25.7 Å². The zero-order valence-electron chi connectivity index (χ0n) is 13.7. The molecule has 4 heteroatoms. The molecule has 0 saturated heterocycles. The van der Waals surface area contributed by atoms with Crippen molar-refractivity contribution in [2.75, 3.05) is 13.2 Å². The maximum atomic E-state index is 11.9. The van der Waals surface area contributed by atoms with Gasteiger partial charge in [-0.15, -0.1) is 0 Å². The lowest BCUT2D eigenvalue weighted by Crippen LogP contribution is -2.37. The molecule has 4 nitrogen and oxygen atoms in total. The van der Waals surface area contributed by atoms with Crippen molar-refractivity contribution >= 4 is 6.03 Å². The summed E-state index contributed by atoms with van der Waals surface area (Å²) in [5.74, 6) is 1.67. The van der Waals surface area contributed by atoms with Crippen molar-refractivity contribution in [1.82, 2.24) is 10.6 Å². The Bertz CT molecular complexity index is 453. The number of urea groups is 1. The Balaban J connectivity index is 1.70. The highest BCUT2D eigenvalue weighted by Gasteiger charge is 2.15. The molecule has 22 heavy (non-hydrogen) atoms. The van der Waals surface area contributed by atoms with E-state index in [-0.39, 0.29) is 12.1 Å². The van der Waals surface area contributed by atoms with Gasteiger partial charge in [-0.2, -0.15) is 0 Å². The van der Waals surface area contributed by atoms with Crippen LogP contribution in [-0.4, -0.2) is 19.2 Å². The van der Waals surface area contributed by atoms with E-state index in [1.54, 1.807) is 0 Å². The summed E-state index contributed by atoms with van der Waals surface area (Å²) in [5.41, 5.74) is 1.08. The van der Waals surface area contributed by atoms with Crippen molar-refractivity contribution in [2.45, 2.75) is 52.0 Å². The zero-order valence-corrected chi connectivity index (χ0v) is 13.7. The fourth-order valence-electron chi connectivity index (χ4n) is 3.04. The first-order valence-electron chi connectivity index (χ1n) is 8.46. The van der Waals surface area contributed by atoms with Gasteiger partial charge in [0, 0.05) is 6.54 Å². The van der Waals surface area contributed by atoms with E-state index in [1.807, 2.05) is 38.1 Å². The predicted octanol–water partition coefficient (Wildman–Crippen LogP) is 4.03. The summed E-state index contributed by atoms with van der Waals surface area (Å²) in [4.78, 5) is 11.9. The standard InChI is InChI=1S/C18H28N2O2/c1-3-22-17-10-8-16(9-11-17)14(2)20-18(21)19-13-12-15-6-4-5-7-15/h8-11,14-15H,3-7,12-13H2,1-2H3,(H2,19,20,21)/t14-/m0/s1. The first kappa shape index (κ1) is 16.7. The molecule has 1 aromatic rings. The number of benzene rings is 1. The van der Waals surface area contributed by atoms with E-state index >= 15 is 0 Å². The molecule has 0 heterocycles. The Labute approximate surface area is 133 Å². The van der Waals surface area contributed by atoms with Crippen LogP contribution in [0, 0.1) is 5.92 Å². The van der Waals surface area contributed by atoms with Gasteiger partial charge in [0.25, 0.3) is 0 Å². The fraction of sp³-hybridized carbons (Fsp3) is 0.611. The van der Waals surface area contributed by atoms with Crippen LogP contribution in [0.3, 0.4) is 0 Å². The van der Waals surface area contributed by atoms with Gasteiger partial charge >= 0.3 is 6.03 Å². The number of rotatable bonds is 7. The minimum Gasteiger partial charge on any atom is -0.494 e. The molecule has 0 unspecified atom stereocenters. The Hall–Kier alpha value is -1.71. The molecular weight excluding hydrogens is 276 g/mol. The lowest BCUT2D eigenvalue weighted by atomic mass is 10.0. The molecule has 1 fully saturated rings. The number of carbonyl (C=O) groups is 1. The topological polar surface area (TPSA) is 50.4 Å². The van der Waals surface area contributed by atoms with Crippen LogP contribution in [0.4, 0.5) is 4.79 Å². The quantitative estimate of drug-likeness (QED) is 0.799. The number of amides is 2. The summed E-state index contributed by atoms with van der Waals surface area (Å²) in [6, 6.07) is 7.77.